The van der Waals surface area contributed by atoms with E-state index >= 15 is 0 Å². The highest BCUT2D eigenvalue weighted by Crippen LogP contribution is 2.30. The Hall–Kier alpha value is -1.13. The molecular formula is C15H21N3S. The summed E-state index contributed by atoms with van der Waals surface area (Å²) in [5.74, 6) is 0.833. The third kappa shape index (κ3) is 2.60. The molecule has 3 nitrogen and oxygen atoms in total. The molecule has 4 heteroatoms. The van der Waals surface area contributed by atoms with E-state index in [1.807, 2.05) is 6.07 Å². The smallest absolute Gasteiger partial charge is 0.103 e. The van der Waals surface area contributed by atoms with Crippen LogP contribution in [0.2, 0.25) is 0 Å². The Bertz CT molecular complexity index is 492. The van der Waals surface area contributed by atoms with E-state index < -0.39 is 0 Å². The molecule has 3 heterocycles. The minimum atomic E-state index is 0.470. The van der Waals surface area contributed by atoms with E-state index in [0.29, 0.717) is 11.0 Å². The van der Waals surface area contributed by atoms with Crippen LogP contribution in [-0.4, -0.2) is 35.6 Å². The molecule has 3 aliphatic heterocycles. The van der Waals surface area contributed by atoms with E-state index in [1.54, 1.807) is 0 Å². The van der Waals surface area contributed by atoms with E-state index in [2.05, 4.69) is 29.3 Å². The summed E-state index contributed by atoms with van der Waals surface area (Å²) in [4.78, 5) is 3.04. The molecule has 0 radical (unpaired) electrons. The third-order valence-corrected chi connectivity index (χ3v) is 4.74. The molecule has 3 saturated heterocycles. The van der Waals surface area contributed by atoms with Crippen molar-refractivity contribution in [2.45, 2.75) is 25.8 Å². The van der Waals surface area contributed by atoms with Crippen molar-refractivity contribution in [1.29, 1.82) is 0 Å². The third-order valence-electron chi connectivity index (χ3n) is 4.51. The number of fused-ring (bicyclic) bond motifs is 3. The molecule has 102 valence electrons. The Morgan fingerprint density at radius 1 is 1.37 bits per heavy atom. The van der Waals surface area contributed by atoms with Crippen LogP contribution in [0.1, 0.15) is 24.0 Å². The highest BCUT2D eigenvalue weighted by atomic mass is 32.1. The van der Waals surface area contributed by atoms with Gasteiger partial charge in [-0.1, -0.05) is 12.2 Å². The van der Waals surface area contributed by atoms with Crippen molar-refractivity contribution in [3.8, 4) is 0 Å². The van der Waals surface area contributed by atoms with Gasteiger partial charge in [0.1, 0.15) is 4.99 Å². The van der Waals surface area contributed by atoms with Crippen LogP contribution in [0.5, 0.6) is 0 Å². The van der Waals surface area contributed by atoms with E-state index in [-0.39, 0.29) is 0 Å². The average molecular weight is 275 g/mol. The van der Waals surface area contributed by atoms with Gasteiger partial charge in [-0.05, 0) is 62.5 Å². The van der Waals surface area contributed by atoms with Crippen LogP contribution in [0.4, 0.5) is 5.69 Å². The maximum atomic E-state index is 5.67. The molecule has 3 fully saturated rings. The number of piperidine rings is 3. The quantitative estimate of drug-likeness (QED) is 0.829. The highest BCUT2D eigenvalue weighted by Gasteiger charge is 2.33. The van der Waals surface area contributed by atoms with Gasteiger partial charge in [0.05, 0.1) is 0 Å². The fourth-order valence-corrected chi connectivity index (χ4v) is 3.43. The maximum absolute atomic E-state index is 5.67. The molecule has 1 aromatic rings. The Kier molecular flexibility index (Phi) is 3.46. The molecule has 0 amide bonds. The number of nitrogens with one attached hydrogen (secondary N) is 1. The molecule has 1 atom stereocenters. The summed E-state index contributed by atoms with van der Waals surface area (Å²) in [5.41, 5.74) is 9.07. The van der Waals surface area contributed by atoms with Gasteiger partial charge in [-0.2, -0.15) is 0 Å². The minimum Gasteiger partial charge on any atom is -0.389 e. The van der Waals surface area contributed by atoms with Crippen LogP contribution in [0.25, 0.3) is 0 Å². The van der Waals surface area contributed by atoms with Crippen molar-refractivity contribution in [2.24, 2.45) is 11.7 Å². The first kappa shape index (κ1) is 12.9. The number of thiocarbonyl (C=S) groups is 1. The number of anilines is 1. The second kappa shape index (κ2) is 5.10. The average Bonchev–Trinajstić information content (AvgIpc) is 2.42. The summed E-state index contributed by atoms with van der Waals surface area (Å²) in [7, 11) is 0. The Balaban J connectivity index is 1.75. The van der Waals surface area contributed by atoms with Gasteiger partial charge < -0.3 is 16.0 Å². The van der Waals surface area contributed by atoms with Gasteiger partial charge in [-0.3, -0.25) is 0 Å². The van der Waals surface area contributed by atoms with Gasteiger partial charge in [0, 0.05) is 23.8 Å². The number of aryl methyl sites for hydroxylation is 1. The fraction of sp³-hybridized carbons (Fsp3) is 0.533. The minimum absolute atomic E-state index is 0.470. The molecule has 3 aliphatic rings. The fourth-order valence-electron chi connectivity index (χ4n) is 3.31. The highest BCUT2D eigenvalue weighted by molar-refractivity contribution is 7.80. The van der Waals surface area contributed by atoms with Crippen LogP contribution in [0, 0.1) is 12.8 Å². The van der Waals surface area contributed by atoms with Crippen LogP contribution in [0.3, 0.4) is 0 Å². The second-order valence-corrected chi connectivity index (χ2v) is 6.22. The first-order chi connectivity index (χ1) is 9.13. The van der Waals surface area contributed by atoms with Gasteiger partial charge in [0.25, 0.3) is 0 Å². The van der Waals surface area contributed by atoms with E-state index in [0.717, 1.165) is 11.5 Å². The molecule has 0 aliphatic carbocycles. The summed E-state index contributed by atoms with van der Waals surface area (Å²) in [6.45, 7) is 5.86. The maximum Gasteiger partial charge on any atom is 0.103 e. The van der Waals surface area contributed by atoms with E-state index in [1.165, 1.54) is 43.7 Å². The molecule has 0 spiro atoms. The lowest BCUT2D eigenvalue weighted by molar-refractivity contribution is 0.0975. The zero-order chi connectivity index (χ0) is 13.4. The summed E-state index contributed by atoms with van der Waals surface area (Å²) in [5, 5.41) is 3.72. The lowest BCUT2D eigenvalue weighted by Gasteiger charge is -2.45. The summed E-state index contributed by atoms with van der Waals surface area (Å²) in [6, 6.07) is 6.80. The molecule has 0 saturated carbocycles. The van der Waals surface area contributed by atoms with Gasteiger partial charge in [0.15, 0.2) is 0 Å². The Morgan fingerprint density at radius 3 is 2.63 bits per heavy atom. The molecule has 1 aromatic carbocycles. The molecule has 19 heavy (non-hydrogen) atoms. The van der Waals surface area contributed by atoms with Crippen molar-refractivity contribution in [2.75, 3.05) is 25.0 Å². The van der Waals surface area contributed by atoms with Crippen LogP contribution in [0.15, 0.2) is 18.2 Å². The molecule has 0 aromatic heterocycles. The SMILES string of the molecule is Cc1cc(C(N)=S)ccc1NC1CN2CCC1CC2. The Labute approximate surface area is 120 Å². The monoisotopic (exact) mass is 275 g/mol. The van der Waals surface area contributed by atoms with Gasteiger partial charge >= 0.3 is 0 Å². The van der Waals surface area contributed by atoms with Crippen molar-refractivity contribution in [1.82, 2.24) is 4.90 Å². The summed E-state index contributed by atoms with van der Waals surface area (Å²) < 4.78 is 0. The van der Waals surface area contributed by atoms with Gasteiger partial charge in [-0.25, -0.2) is 0 Å². The number of nitrogens with two attached hydrogens (primary N) is 1. The molecule has 1 unspecified atom stereocenters. The number of nitrogens with zero attached hydrogens (tertiary/aromatic N) is 1. The number of rotatable bonds is 3. The van der Waals surface area contributed by atoms with Crippen LogP contribution in [-0.2, 0) is 0 Å². The normalized spacial score (nSPS) is 29.2. The zero-order valence-corrected chi connectivity index (χ0v) is 12.2. The summed E-state index contributed by atoms with van der Waals surface area (Å²) >= 11 is 5.02. The molecular weight excluding hydrogens is 254 g/mol. The van der Waals surface area contributed by atoms with Crippen molar-refractivity contribution in [3.05, 3.63) is 29.3 Å². The molecule has 2 bridgehead atoms. The second-order valence-electron chi connectivity index (χ2n) is 5.78. The predicted octanol–water partition coefficient (Wildman–Crippen LogP) is 2.14. The first-order valence-corrected chi connectivity index (χ1v) is 7.43. The number of hydrogen-bond donors (Lipinski definition) is 2. The Morgan fingerprint density at radius 2 is 2.11 bits per heavy atom. The number of benzene rings is 1. The lowest BCUT2D eigenvalue weighted by atomic mass is 9.84. The standard InChI is InChI=1S/C15H21N3S/c1-10-8-12(15(16)19)2-3-13(10)17-14-9-18-6-4-11(14)5-7-18/h2-3,8,11,14,17H,4-7,9H2,1H3,(H2,16,19). The largest absolute Gasteiger partial charge is 0.389 e. The first-order valence-electron chi connectivity index (χ1n) is 7.03. The van der Waals surface area contributed by atoms with Crippen LogP contribution >= 0.6 is 12.2 Å². The van der Waals surface area contributed by atoms with E-state index in [4.69, 9.17) is 18.0 Å². The van der Waals surface area contributed by atoms with Crippen LogP contribution < -0.4 is 11.1 Å². The lowest BCUT2D eigenvalue weighted by Crippen LogP contribution is -2.53. The van der Waals surface area contributed by atoms with Crippen molar-refractivity contribution >= 4 is 22.9 Å². The van der Waals surface area contributed by atoms with Crippen molar-refractivity contribution < 1.29 is 0 Å². The predicted molar refractivity (Wildman–Crippen MR) is 83.6 cm³/mol. The van der Waals surface area contributed by atoms with Crippen molar-refractivity contribution in [3.63, 3.8) is 0 Å². The van der Waals surface area contributed by atoms with Gasteiger partial charge in [-0.15, -0.1) is 0 Å². The topological polar surface area (TPSA) is 41.3 Å². The zero-order valence-electron chi connectivity index (χ0n) is 11.4. The molecule has 4 rings (SSSR count). The van der Waals surface area contributed by atoms with E-state index in [9.17, 15) is 0 Å². The molecule has 3 N–H and O–H groups in total. The summed E-state index contributed by atoms with van der Waals surface area (Å²) in [6.07, 6.45) is 2.67. The number of hydrogen-bond acceptors (Lipinski definition) is 3. The van der Waals surface area contributed by atoms with Gasteiger partial charge in [0.2, 0.25) is 0 Å².